The Bertz CT molecular complexity index is 1330. The lowest BCUT2D eigenvalue weighted by molar-refractivity contribution is 0.0630. The Balaban J connectivity index is 1.47. The van der Waals surface area contributed by atoms with Gasteiger partial charge in [-0.2, -0.15) is 0 Å². The van der Waals surface area contributed by atoms with Crippen LogP contribution in [-0.2, 0) is 17.7 Å². The molecular weight excluding hydrogens is 528 g/mol. The zero-order valence-corrected chi connectivity index (χ0v) is 25.2. The van der Waals surface area contributed by atoms with Gasteiger partial charge in [-0.05, 0) is 72.6 Å². The summed E-state index contributed by atoms with van der Waals surface area (Å²) in [6.45, 7) is 8.17. The van der Waals surface area contributed by atoms with Gasteiger partial charge in [0.05, 0.1) is 24.8 Å². The molecular formula is C34H44N4O4. The summed E-state index contributed by atoms with van der Waals surface area (Å²) in [7, 11) is 1.65. The molecule has 42 heavy (non-hydrogen) atoms. The van der Waals surface area contributed by atoms with Gasteiger partial charge in [-0.1, -0.05) is 50.2 Å². The SMILES string of the molecule is COCC1CCCN1C(=O)c1cc(C)cc(C(=O)NC(Cc2ccccc2)C(O)CNCc2cncc(C(C)C)c2)c1. The molecule has 0 saturated carbocycles. The molecule has 3 aromatic rings. The number of carbonyl (C=O) groups is 2. The first-order valence-corrected chi connectivity index (χ1v) is 14.8. The number of nitrogens with one attached hydrogen (secondary N) is 2. The highest BCUT2D eigenvalue weighted by molar-refractivity contribution is 6.00. The molecule has 1 aromatic heterocycles. The molecule has 3 N–H and O–H groups in total. The summed E-state index contributed by atoms with van der Waals surface area (Å²) >= 11 is 0. The second-order valence-corrected chi connectivity index (χ2v) is 11.6. The van der Waals surface area contributed by atoms with Gasteiger partial charge in [0.2, 0.25) is 0 Å². The third-order valence-electron chi connectivity index (χ3n) is 7.83. The number of hydrogen-bond acceptors (Lipinski definition) is 6. The van der Waals surface area contributed by atoms with Crippen LogP contribution in [0.3, 0.4) is 0 Å². The molecule has 1 aliphatic heterocycles. The first kappa shape index (κ1) is 31.3. The van der Waals surface area contributed by atoms with Crippen LogP contribution in [0.4, 0.5) is 0 Å². The minimum atomic E-state index is -0.847. The number of aromatic nitrogens is 1. The van der Waals surface area contributed by atoms with E-state index in [2.05, 4.69) is 35.5 Å². The van der Waals surface area contributed by atoms with Gasteiger partial charge in [0.15, 0.2) is 0 Å². The fourth-order valence-corrected chi connectivity index (χ4v) is 5.50. The Kier molecular flexibility index (Phi) is 11.2. The molecule has 2 aromatic carbocycles. The number of hydrogen-bond donors (Lipinski definition) is 3. The second-order valence-electron chi connectivity index (χ2n) is 11.6. The van der Waals surface area contributed by atoms with Crippen molar-refractivity contribution in [1.82, 2.24) is 20.5 Å². The summed E-state index contributed by atoms with van der Waals surface area (Å²) in [5.41, 5.74) is 4.93. The number of aliphatic hydroxyl groups is 1. The second kappa shape index (κ2) is 15.0. The summed E-state index contributed by atoms with van der Waals surface area (Å²) in [6, 6.07) is 16.7. The van der Waals surface area contributed by atoms with Crippen molar-refractivity contribution in [3.05, 3.63) is 100 Å². The highest BCUT2D eigenvalue weighted by atomic mass is 16.5. The smallest absolute Gasteiger partial charge is 0.254 e. The molecule has 0 radical (unpaired) electrons. The topological polar surface area (TPSA) is 104 Å². The van der Waals surface area contributed by atoms with Crippen LogP contribution in [0.15, 0.2) is 67.0 Å². The van der Waals surface area contributed by atoms with Crippen LogP contribution < -0.4 is 10.6 Å². The van der Waals surface area contributed by atoms with Crippen LogP contribution in [0.5, 0.6) is 0 Å². The van der Waals surface area contributed by atoms with E-state index in [1.54, 1.807) is 19.2 Å². The Labute approximate surface area is 249 Å². The number of carbonyl (C=O) groups excluding carboxylic acids is 2. The third kappa shape index (κ3) is 8.47. The predicted molar refractivity (Wildman–Crippen MR) is 165 cm³/mol. The van der Waals surface area contributed by atoms with Crippen molar-refractivity contribution in [3.8, 4) is 0 Å². The van der Waals surface area contributed by atoms with Gasteiger partial charge in [-0.3, -0.25) is 14.6 Å². The lowest BCUT2D eigenvalue weighted by atomic mass is 9.99. The minimum absolute atomic E-state index is 0.0433. The van der Waals surface area contributed by atoms with Crippen LogP contribution in [0.2, 0.25) is 0 Å². The van der Waals surface area contributed by atoms with E-state index in [0.717, 1.165) is 29.5 Å². The van der Waals surface area contributed by atoms with Crippen molar-refractivity contribution in [3.63, 3.8) is 0 Å². The number of amides is 2. The van der Waals surface area contributed by atoms with Crippen molar-refractivity contribution >= 4 is 11.8 Å². The lowest BCUT2D eigenvalue weighted by Gasteiger charge is -2.26. The van der Waals surface area contributed by atoms with Gasteiger partial charge in [-0.15, -0.1) is 0 Å². The molecule has 1 aliphatic rings. The summed E-state index contributed by atoms with van der Waals surface area (Å²) in [6.07, 6.45) is 5.16. The molecule has 2 heterocycles. The molecule has 3 atom stereocenters. The average Bonchev–Trinajstić information content (AvgIpc) is 3.45. The molecule has 0 bridgehead atoms. The lowest BCUT2D eigenvalue weighted by Crippen LogP contribution is -2.48. The van der Waals surface area contributed by atoms with E-state index in [-0.39, 0.29) is 24.4 Å². The van der Waals surface area contributed by atoms with Crippen molar-refractivity contribution in [2.75, 3.05) is 26.8 Å². The molecule has 8 heteroatoms. The van der Waals surface area contributed by atoms with E-state index in [9.17, 15) is 14.7 Å². The van der Waals surface area contributed by atoms with Gasteiger partial charge < -0.3 is 25.4 Å². The van der Waals surface area contributed by atoms with E-state index in [1.807, 2.05) is 60.6 Å². The number of ether oxygens (including phenoxy) is 1. The maximum absolute atomic E-state index is 13.6. The van der Waals surface area contributed by atoms with Gasteiger partial charge in [-0.25, -0.2) is 0 Å². The molecule has 3 unspecified atom stereocenters. The summed E-state index contributed by atoms with van der Waals surface area (Å²) in [5.74, 6) is -0.0297. The number of nitrogens with zero attached hydrogens (tertiary/aromatic N) is 2. The van der Waals surface area contributed by atoms with Crippen LogP contribution in [0.25, 0.3) is 0 Å². The van der Waals surface area contributed by atoms with Gasteiger partial charge in [0, 0.05) is 50.3 Å². The highest BCUT2D eigenvalue weighted by Crippen LogP contribution is 2.22. The molecule has 4 rings (SSSR count). The Hall–Kier alpha value is -3.59. The van der Waals surface area contributed by atoms with E-state index in [1.165, 1.54) is 5.56 Å². The number of aliphatic hydroxyl groups excluding tert-OH is 1. The first-order chi connectivity index (χ1) is 20.2. The van der Waals surface area contributed by atoms with Crippen molar-refractivity contribution in [2.24, 2.45) is 0 Å². The third-order valence-corrected chi connectivity index (χ3v) is 7.83. The number of likely N-dealkylation sites (tertiary alicyclic amines) is 1. The Morgan fingerprint density at radius 2 is 1.83 bits per heavy atom. The molecule has 1 saturated heterocycles. The fraction of sp³-hybridized carbons (Fsp3) is 0.441. The molecule has 224 valence electrons. The largest absolute Gasteiger partial charge is 0.390 e. The molecule has 2 amide bonds. The minimum Gasteiger partial charge on any atom is -0.390 e. The van der Waals surface area contributed by atoms with Gasteiger partial charge >= 0.3 is 0 Å². The van der Waals surface area contributed by atoms with Crippen LogP contribution in [0, 0.1) is 6.92 Å². The summed E-state index contributed by atoms with van der Waals surface area (Å²) in [4.78, 5) is 33.2. The average molecular weight is 573 g/mol. The van der Waals surface area contributed by atoms with Gasteiger partial charge in [0.25, 0.3) is 11.8 Å². The van der Waals surface area contributed by atoms with E-state index >= 15 is 0 Å². The van der Waals surface area contributed by atoms with Crippen LogP contribution >= 0.6 is 0 Å². The number of aryl methyl sites for hydroxylation is 1. The van der Waals surface area contributed by atoms with Crippen molar-refractivity contribution in [1.29, 1.82) is 0 Å². The van der Waals surface area contributed by atoms with Gasteiger partial charge in [0.1, 0.15) is 0 Å². The quantitative estimate of drug-likeness (QED) is 0.283. The van der Waals surface area contributed by atoms with E-state index in [0.29, 0.717) is 43.2 Å². The molecule has 0 aliphatic carbocycles. The summed E-state index contributed by atoms with van der Waals surface area (Å²) < 4.78 is 5.32. The molecule has 1 fully saturated rings. The van der Waals surface area contributed by atoms with Crippen molar-refractivity contribution in [2.45, 2.75) is 70.7 Å². The number of methoxy groups -OCH3 is 1. The van der Waals surface area contributed by atoms with E-state index in [4.69, 9.17) is 4.74 Å². The number of benzene rings is 2. The zero-order valence-electron chi connectivity index (χ0n) is 25.2. The zero-order chi connectivity index (χ0) is 30.1. The predicted octanol–water partition coefficient (Wildman–Crippen LogP) is 4.26. The molecule has 0 spiro atoms. The Morgan fingerprint density at radius 3 is 2.57 bits per heavy atom. The maximum Gasteiger partial charge on any atom is 0.254 e. The monoisotopic (exact) mass is 572 g/mol. The first-order valence-electron chi connectivity index (χ1n) is 14.8. The van der Waals surface area contributed by atoms with Crippen LogP contribution in [0.1, 0.15) is 75.6 Å². The number of pyridine rings is 1. The van der Waals surface area contributed by atoms with Crippen LogP contribution in [-0.4, -0.2) is 71.8 Å². The maximum atomic E-state index is 13.6. The highest BCUT2D eigenvalue weighted by Gasteiger charge is 2.30. The normalized spacial score (nSPS) is 16.4. The van der Waals surface area contributed by atoms with E-state index < -0.39 is 12.1 Å². The molecule has 8 nitrogen and oxygen atoms in total. The summed E-state index contributed by atoms with van der Waals surface area (Å²) in [5, 5.41) is 17.6. The van der Waals surface area contributed by atoms with Crippen molar-refractivity contribution < 1.29 is 19.4 Å². The fourth-order valence-electron chi connectivity index (χ4n) is 5.50. The number of rotatable bonds is 13. The standard InChI is InChI=1S/C34H44N4O4/c1-23(2)29-15-26(18-35-20-29)19-36-21-32(39)31(16-25-9-6-5-7-10-25)37-33(40)27-13-24(3)14-28(17-27)34(41)38-12-8-11-30(38)22-42-4/h5-7,9-10,13-15,17-18,20,23,30-32,36,39H,8,11-12,16,19,21-22H2,1-4H3,(H,37,40). The Morgan fingerprint density at radius 1 is 1.07 bits per heavy atom.